The van der Waals surface area contributed by atoms with Gasteiger partial charge in [-0.3, -0.25) is 0 Å². The Labute approximate surface area is 115 Å². The van der Waals surface area contributed by atoms with Crippen LogP contribution in [-0.4, -0.2) is 34.0 Å². The first-order valence-corrected chi connectivity index (χ1v) is 5.33. The minimum absolute atomic E-state index is 0. The Morgan fingerprint density at radius 1 is 1.28 bits per heavy atom. The molecule has 18 heavy (non-hydrogen) atoms. The van der Waals surface area contributed by atoms with Gasteiger partial charge in [0.25, 0.3) is 0 Å². The largest absolute Gasteiger partial charge is 1.00 e. The summed E-state index contributed by atoms with van der Waals surface area (Å²) in [4.78, 5) is 25.2. The molecule has 86 valence electrons. The van der Waals surface area contributed by atoms with Crippen LogP contribution in [0.5, 0.6) is 0 Å². The van der Waals surface area contributed by atoms with Gasteiger partial charge >= 0.3 is 18.9 Å². The van der Waals surface area contributed by atoms with Gasteiger partial charge in [-0.25, -0.2) is 9.97 Å². The van der Waals surface area contributed by atoms with Crippen molar-refractivity contribution in [3.8, 4) is 0 Å². The normalized spacial score (nSPS) is 13.9. The van der Waals surface area contributed by atoms with Gasteiger partial charge in [0.15, 0.2) is 5.65 Å². The molecule has 0 aromatic carbocycles. The van der Waals surface area contributed by atoms with E-state index in [9.17, 15) is 9.90 Å². The number of fused-ring (bicyclic) bond motifs is 1. The Morgan fingerprint density at radius 2 is 2.06 bits per heavy atom. The van der Waals surface area contributed by atoms with Crippen molar-refractivity contribution >= 4 is 23.0 Å². The first-order valence-electron chi connectivity index (χ1n) is 5.33. The van der Waals surface area contributed by atoms with Gasteiger partial charge in [0.1, 0.15) is 0 Å². The average Bonchev–Trinajstić information content (AvgIpc) is 2.26. The molecule has 1 fully saturated rings. The zero-order valence-electron chi connectivity index (χ0n) is 9.96. The predicted molar refractivity (Wildman–Crippen MR) is 58.5 cm³/mol. The van der Waals surface area contributed by atoms with Crippen LogP contribution in [0.4, 0.5) is 5.95 Å². The molecule has 1 aliphatic rings. The average molecular weight is 236 g/mol. The minimum atomic E-state index is -1.24. The van der Waals surface area contributed by atoms with E-state index in [1.54, 1.807) is 6.20 Å². The standard InChI is InChI=1S/C11H10N4O2.Li/c16-10(17)8-4-7-5-13-11(15-2-1-3-15)14-9(7)12-6-8;/h4-6H,1-3H2,(H,16,17);/q;+1/p-1. The van der Waals surface area contributed by atoms with Crippen molar-refractivity contribution in [2.75, 3.05) is 18.0 Å². The first kappa shape index (κ1) is 12.8. The van der Waals surface area contributed by atoms with Crippen molar-refractivity contribution in [3.63, 3.8) is 0 Å². The van der Waals surface area contributed by atoms with Crippen LogP contribution in [0.1, 0.15) is 16.8 Å². The van der Waals surface area contributed by atoms with E-state index < -0.39 is 5.97 Å². The number of carboxylic acid groups (broad SMARTS) is 1. The van der Waals surface area contributed by atoms with E-state index in [1.165, 1.54) is 12.3 Å². The molecule has 0 saturated carbocycles. The number of anilines is 1. The second-order valence-electron chi connectivity index (χ2n) is 3.93. The van der Waals surface area contributed by atoms with Crippen LogP contribution >= 0.6 is 0 Å². The van der Waals surface area contributed by atoms with Gasteiger partial charge in [0.2, 0.25) is 5.95 Å². The summed E-state index contributed by atoms with van der Waals surface area (Å²) < 4.78 is 0. The van der Waals surface area contributed by atoms with E-state index in [4.69, 9.17) is 0 Å². The summed E-state index contributed by atoms with van der Waals surface area (Å²) in [5.74, 6) is -0.594. The van der Waals surface area contributed by atoms with Gasteiger partial charge in [0, 0.05) is 36.4 Å². The van der Waals surface area contributed by atoms with E-state index >= 15 is 0 Å². The summed E-state index contributed by atoms with van der Waals surface area (Å²) in [5, 5.41) is 11.3. The summed E-state index contributed by atoms with van der Waals surface area (Å²) in [6.07, 6.45) is 4.00. The maximum Gasteiger partial charge on any atom is 1.00 e. The van der Waals surface area contributed by atoms with Crippen molar-refractivity contribution in [1.82, 2.24) is 15.0 Å². The summed E-state index contributed by atoms with van der Waals surface area (Å²) in [5.41, 5.74) is 0.546. The Balaban J connectivity index is 0.00000120. The Kier molecular flexibility index (Phi) is 3.50. The predicted octanol–water partition coefficient (Wildman–Crippen LogP) is -3.40. The Hall–Kier alpha value is -1.64. The molecule has 3 rings (SSSR count). The number of nitrogens with zero attached hydrogens (tertiary/aromatic N) is 4. The summed E-state index contributed by atoms with van der Waals surface area (Å²) in [7, 11) is 0. The number of carbonyl (C=O) groups is 1. The second-order valence-corrected chi connectivity index (χ2v) is 3.93. The number of rotatable bonds is 2. The summed E-state index contributed by atoms with van der Waals surface area (Å²) >= 11 is 0. The monoisotopic (exact) mass is 236 g/mol. The molecule has 0 N–H and O–H groups in total. The number of aromatic nitrogens is 3. The SMILES string of the molecule is O=C([O-])c1cnc2nc(N3CCC3)ncc2c1.[Li+]. The zero-order valence-corrected chi connectivity index (χ0v) is 9.96. The molecule has 0 bridgehead atoms. The third kappa shape index (κ3) is 2.17. The van der Waals surface area contributed by atoms with Crippen LogP contribution in [0, 0.1) is 0 Å². The van der Waals surface area contributed by atoms with Gasteiger partial charge in [0.05, 0.1) is 5.97 Å². The molecule has 0 radical (unpaired) electrons. The number of pyridine rings is 1. The van der Waals surface area contributed by atoms with Crippen LogP contribution in [0.25, 0.3) is 11.0 Å². The molecule has 0 atom stereocenters. The van der Waals surface area contributed by atoms with Crippen molar-refractivity contribution < 1.29 is 28.8 Å². The van der Waals surface area contributed by atoms with Gasteiger partial charge in [-0.2, -0.15) is 4.98 Å². The summed E-state index contributed by atoms with van der Waals surface area (Å²) in [6, 6.07) is 1.47. The molecule has 0 spiro atoms. The van der Waals surface area contributed by atoms with Crippen molar-refractivity contribution in [3.05, 3.63) is 24.0 Å². The molecule has 2 aromatic rings. The van der Waals surface area contributed by atoms with E-state index in [-0.39, 0.29) is 24.4 Å². The third-order valence-corrected chi connectivity index (χ3v) is 2.79. The fourth-order valence-corrected chi connectivity index (χ4v) is 1.69. The Bertz CT molecular complexity index is 601. The maximum absolute atomic E-state index is 10.7. The molecule has 1 aliphatic heterocycles. The fourth-order valence-electron chi connectivity index (χ4n) is 1.69. The minimum Gasteiger partial charge on any atom is -0.545 e. The third-order valence-electron chi connectivity index (χ3n) is 2.79. The Morgan fingerprint density at radius 3 is 2.67 bits per heavy atom. The van der Waals surface area contributed by atoms with E-state index in [1.807, 2.05) is 4.90 Å². The molecule has 0 unspecified atom stereocenters. The number of hydrogen-bond donors (Lipinski definition) is 0. The van der Waals surface area contributed by atoms with Gasteiger partial charge < -0.3 is 14.8 Å². The second kappa shape index (κ2) is 4.92. The van der Waals surface area contributed by atoms with Crippen LogP contribution in [-0.2, 0) is 0 Å². The smallest absolute Gasteiger partial charge is 0.545 e. The summed E-state index contributed by atoms with van der Waals surface area (Å²) in [6.45, 7) is 1.92. The molecule has 0 amide bonds. The van der Waals surface area contributed by atoms with Crippen LogP contribution in [0.2, 0.25) is 0 Å². The van der Waals surface area contributed by atoms with E-state index in [2.05, 4.69) is 15.0 Å². The van der Waals surface area contributed by atoms with Crippen molar-refractivity contribution in [2.24, 2.45) is 0 Å². The number of carbonyl (C=O) groups excluding carboxylic acids is 1. The van der Waals surface area contributed by atoms with E-state index in [0.717, 1.165) is 19.5 Å². The van der Waals surface area contributed by atoms with Crippen LogP contribution < -0.4 is 28.9 Å². The zero-order chi connectivity index (χ0) is 11.8. The molecule has 0 aliphatic carbocycles. The molecular weight excluding hydrogens is 227 g/mol. The fraction of sp³-hybridized carbons (Fsp3) is 0.273. The van der Waals surface area contributed by atoms with Crippen molar-refractivity contribution in [2.45, 2.75) is 6.42 Å². The van der Waals surface area contributed by atoms with Crippen molar-refractivity contribution in [1.29, 1.82) is 0 Å². The number of carboxylic acids is 1. The molecule has 7 heteroatoms. The van der Waals surface area contributed by atoms with Crippen LogP contribution in [0.15, 0.2) is 18.5 Å². The van der Waals surface area contributed by atoms with Crippen LogP contribution in [0.3, 0.4) is 0 Å². The van der Waals surface area contributed by atoms with Gasteiger partial charge in [-0.1, -0.05) is 0 Å². The van der Waals surface area contributed by atoms with E-state index in [0.29, 0.717) is 17.0 Å². The quantitative estimate of drug-likeness (QED) is 0.505. The topological polar surface area (TPSA) is 82.0 Å². The molecule has 2 aromatic heterocycles. The molecular formula is C11H9LiN4O2. The maximum atomic E-state index is 10.7. The van der Waals surface area contributed by atoms with Gasteiger partial charge in [-0.15, -0.1) is 0 Å². The number of aromatic carboxylic acids is 1. The molecule has 1 saturated heterocycles. The molecule has 6 nitrogen and oxygen atoms in total. The molecule has 3 heterocycles. The first-order chi connectivity index (χ1) is 8.24. The van der Waals surface area contributed by atoms with Gasteiger partial charge in [-0.05, 0) is 12.5 Å². The number of hydrogen-bond acceptors (Lipinski definition) is 6.